The van der Waals surface area contributed by atoms with E-state index in [1.165, 1.54) is 24.0 Å². The van der Waals surface area contributed by atoms with Gasteiger partial charge in [-0.25, -0.2) is 0 Å². The van der Waals surface area contributed by atoms with Gasteiger partial charge in [0.15, 0.2) is 0 Å². The minimum atomic E-state index is 0.514. The second-order valence-corrected chi connectivity index (χ2v) is 6.41. The van der Waals surface area contributed by atoms with Crippen molar-refractivity contribution in [2.24, 2.45) is 0 Å². The second-order valence-electron chi connectivity index (χ2n) is 5.14. The number of benzene rings is 1. The Kier molecular flexibility index (Phi) is 4.16. The van der Waals surface area contributed by atoms with Crippen LogP contribution in [0.15, 0.2) is 24.3 Å². The van der Waals surface area contributed by atoms with Gasteiger partial charge in [0.2, 0.25) is 0 Å². The van der Waals surface area contributed by atoms with E-state index in [4.69, 9.17) is 0 Å². The number of rotatable bonds is 6. The van der Waals surface area contributed by atoms with E-state index < -0.39 is 0 Å². The van der Waals surface area contributed by atoms with Crippen LogP contribution < -0.4 is 5.32 Å². The Morgan fingerprint density at radius 3 is 2.41 bits per heavy atom. The van der Waals surface area contributed by atoms with E-state index >= 15 is 0 Å². The van der Waals surface area contributed by atoms with Crippen LogP contribution in [0.2, 0.25) is 0 Å². The van der Waals surface area contributed by atoms with Gasteiger partial charge >= 0.3 is 0 Å². The van der Waals surface area contributed by atoms with Crippen molar-refractivity contribution in [2.45, 2.75) is 43.9 Å². The van der Waals surface area contributed by atoms with Crippen LogP contribution in [0.5, 0.6) is 0 Å². The summed E-state index contributed by atoms with van der Waals surface area (Å²) in [6, 6.07) is 9.45. The van der Waals surface area contributed by atoms with Crippen LogP contribution in [0.4, 0.5) is 0 Å². The molecule has 1 aromatic carbocycles. The summed E-state index contributed by atoms with van der Waals surface area (Å²) >= 11 is 2.03. The molecule has 17 heavy (non-hydrogen) atoms. The number of hydrogen-bond acceptors (Lipinski definition) is 2. The zero-order valence-corrected chi connectivity index (χ0v) is 11.9. The van der Waals surface area contributed by atoms with Gasteiger partial charge in [-0.1, -0.05) is 36.8 Å². The van der Waals surface area contributed by atoms with Crippen molar-refractivity contribution in [2.75, 3.05) is 12.8 Å². The van der Waals surface area contributed by atoms with E-state index in [1.54, 1.807) is 0 Å². The zero-order valence-electron chi connectivity index (χ0n) is 11.1. The largest absolute Gasteiger partial charge is 0.309 e. The summed E-state index contributed by atoms with van der Waals surface area (Å²) < 4.78 is 0.554. The fraction of sp³-hybridized carbons (Fsp3) is 0.600. The Hall–Kier alpha value is -0.470. The van der Waals surface area contributed by atoms with Crippen molar-refractivity contribution in [1.29, 1.82) is 0 Å². The first kappa shape index (κ1) is 13.0. The summed E-state index contributed by atoms with van der Waals surface area (Å²) in [6.45, 7) is 5.56. The molecule has 0 aromatic heterocycles. The molecule has 1 nitrogen and oxygen atoms in total. The molecule has 1 aliphatic carbocycles. The average Bonchev–Trinajstić information content (AvgIpc) is 3.13. The molecule has 2 heteroatoms. The van der Waals surface area contributed by atoms with Crippen molar-refractivity contribution in [3.63, 3.8) is 0 Å². The van der Waals surface area contributed by atoms with Crippen molar-refractivity contribution in [1.82, 2.24) is 5.32 Å². The Balaban J connectivity index is 1.94. The molecule has 1 aromatic rings. The quantitative estimate of drug-likeness (QED) is 0.820. The highest BCUT2D eigenvalue weighted by Gasteiger charge is 2.41. The van der Waals surface area contributed by atoms with Crippen LogP contribution >= 0.6 is 11.8 Å². The fourth-order valence-electron chi connectivity index (χ4n) is 2.20. The Morgan fingerprint density at radius 2 is 1.94 bits per heavy atom. The van der Waals surface area contributed by atoms with E-state index in [0.717, 1.165) is 13.0 Å². The fourth-order valence-corrected chi connectivity index (χ4v) is 2.94. The van der Waals surface area contributed by atoms with E-state index in [-0.39, 0.29) is 0 Å². The number of hydrogen-bond donors (Lipinski definition) is 1. The van der Waals surface area contributed by atoms with E-state index in [9.17, 15) is 0 Å². The summed E-state index contributed by atoms with van der Waals surface area (Å²) in [7, 11) is 0. The van der Waals surface area contributed by atoms with Gasteiger partial charge in [0.05, 0.1) is 0 Å². The molecule has 1 saturated carbocycles. The predicted molar refractivity (Wildman–Crippen MR) is 77.7 cm³/mol. The lowest BCUT2D eigenvalue weighted by Gasteiger charge is -2.21. The van der Waals surface area contributed by atoms with Gasteiger partial charge in [-0.15, -0.1) is 0 Å². The third-order valence-corrected chi connectivity index (χ3v) is 5.22. The highest BCUT2D eigenvalue weighted by molar-refractivity contribution is 8.00. The standard InChI is InChI=1S/C15H23NS/c1-4-14(13-7-5-12(2)6-8-13)16-11-15(17-3)9-10-15/h5-8,14,16H,4,9-11H2,1-3H3. The second kappa shape index (κ2) is 5.45. The average molecular weight is 249 g/mol. The third kappa shape index (κ3) is 3.26. The predicted octanol–water partition coefficient (Wildman–Crippen LogP) is 3.93. The molecule has 2 rings (SSSR count). The molecule has 0 heterocycles. The Labute approximate surface area is 109 Å². The molecule has 1 fully saturated rings. The summed E-state index contributed by atoms with van der Waals surface area (Å²) in [5.74, 6) is 0. The van der Waals surface area contributed by atoms with Gasteiger partial charge in [-0.2, -0.15) is 11.8 Å². The monoisotopic (exact) mass is 249 g/mol. The van der Waals surface area contributed by atoms with Gasteiger partial charge < -0.3 is 5.32 Å². The van der Waals surface area contributed by atoms with E-state index in [0.29, 0.717) is 10.8 Å². The van der Waals surface area contributed by atoms with Crippen molar-refractivity contribution in [3.8, 4) is 0 Å². The normalized spacial score (nSPS) is 19.0. The molecule has 1 atom stereocenters. The topological polar surface area (TPSA) is 12.0 Å². The first-order valence-electron chi connectivity index (χ1n) is 6.54. The number of thioether (sulfide) groups is 1. The van der Waals surface area contributed by atoms with Crippen molar-refractivity contribution in [3.05, 3.63) is 35.4 Å². The zero-order chi connectivity index (χ0) is 12.3. The van der Waals surface area contributed by atoms with E-state index in [1.807, 2.05) is 11.8 Å². The summed E-state index contributed by atoms with van der Waals surface area (Å²) in [4.78, 5) is 0. The smallest absolute Gasteiger partial charge is 0.0318 e. The van der Waals surface area contributed by atoms with Crippen LogP contribution in [-0.2, 0) is 0 Å². The number of nitrogens with one attached hydrogen (secondary N) is 1. The lowest BCUT2D eigenvalue weighted by Crippen LogP contribution is -2.29. The lowest BCUT2D eigenvalue weighted by molar-refractivity contribution is 0.513. The Morgan fingerprint density at radius 1 is 1.29 bits per heavy atom. The minimum Gasteiger partial charge on any atom is -0.309 e. The van der Waals surface area contributed by atoms with Crippen molar-refractivity contribution < 1.29 is 0 Å². The maximum absolute atomic E-state index is 3.74. The van der Waals surface area contributed by atoms with Gasteiger partial charge in [0.1, 0.15) is 0 Å². The van der Waals surface area contributed by atoms with Crippen LogP contribution in [0.25, 0.3) is 0 Å². The molecule has 0 saturated heterocycles. The molecule has 1 unspecified atom stereocenters. The Bertz CT molecular complexity index is 354. The molecule has 1 N–H and O–H groups in total. The van der Waals surface area contributed by atoms with Crippen LogP contribution in [0.1, 0.15) is 43.4 Å². The molecule has 0 aliphatic heterocycles. The highest BCUT2D eigenvalue weighted by Crippen LogP contribution is 2.46. The first-order valence-corrected chi connectivity index (χ1v) is 7.77. The van der Waals surface area contributed by atoms with Gasteiger partial charge in [0.25, 0.3) is 0 Å². The summed E-state index contributed by atoms with van der Waals surface area (Å²) in [6.07, 6.45) is 6.16. The third-order valence-electron chi connectivity index (χ3n) is 3.80. The van der Waals surface area contributed by atoms with Gasteiger partial charge in [0, 0.05) is 17.3 Å². The highest BCUT2D eigenvalue weighted by atomic mass is 32.2. The molecule has 0 radical (unpaired) electrons. The minimum absolute atomic E-state index is 0.514. The summed E-state index contributed by atoms with van der Waals surface area (Å²) in [5, 5.41) is 3.74. The van der Waals surface area contributed by atoms with Crippen LogP contribution in [0, 0.1) is 6.92 Å². The molecule has 1 aliphatic rings. The molecular formula is C15H23NS. The van der Waals surface area contributed by atoms with Gasteiger partial charge in [-0.05, 0) is 38.0 Å². The first-order chi connectivity index (χ1) is 8.19. The van der Waals surface area contributed by atoms with Crippen molar-refractivity contribution >= 4 is 11.8 Å². The number of aryl methyl sites for hydroxylation is 1. The molecule has 94 valence electrons. The van der Waals surface area contributed by atoms with E-state index in [2.05, 4.69) is 49.7 Å². The summed E-state index contributed by atoms with van der Waals surface area (Å²) in [5.41, 5.74) is 2.77. The SMILES string of the molecule is CCC(NCC1(SC)CC1)c1ccc(C)cc1. The molecule has 0 amide bonds. The molecule has 0 spiro atoms. The molecular weight excluding hydrogens is 226 g/mol. The lowest BCUT2D eigenvalue weighted by atomic mass is 10.0. The van der Waals surface area contributed by atoms with Crippen LogP contribution in [-0.4, -0.2) is 17.5 Å². The maximum Gasteiger partial charge on any atom is 0.0318 e. The van der Waals surface area contributed by atoms with Gasteiger partial charge in [-0.3, -0.25) is 0 Å². The van der Waals surface area contributed by atoms with Crippen LogP contribution in [0.3, 0.4) is 0 Å². The maximum atomic E-state index is 3.74. The molecule has 0 bridgehead atoms.